The monoisotopic (exact) mass is 440 g/mol. The summed E-state index contributed by atoms with van der Waals surface area (Å²) in [4.78, 5) is 7.20. The molecule has 0 unspecified atom stereocenters. The van der Waals surface area contributed by atoms with Crippen LogP contribution in [0, 0.1) is 24.5 Å². The van der Waals surface area contributed by atoms with Gasteiger partial charge >= 0.3 is 0 Å². The summed E-state index contributed by atoms with van der Waals surface area (Å²) in [6, 6.07) is 8.03. The van der Waals surface area contributed by atoms with Crippen LogP contribution in [-0.4, -0.2) is 34.9 Å². The third-order valence-electron chi connectivity index (χ3n) is 5.79. The van der Waals surface area contributed by atoms with Crippen molar-refractivity contribution in [2.24, 2.45) is 5.92 Å². The minimum atomic E-state index is -0.721. The summed E-state index contributed by atoms with van der Waals surface area (Å²) in [5.41, 5.74) is 1.87. The normalized spacial score (nSPS) is 18.0. The Labute approximate surface area is 182 Å². The average molecular weight is 440 g/mol. The maximum Gasteiger partial charge on any atom is 0.184 e. The standard InChI is InChI=1S/C24H22F2N2O4/c1-12-5-15-18(28-12)3-4-20(23(15)26)32-24-16-8-21(30-2)22(9-19(16)27-10-17(24)25)31-11-13-6-14(29)7-13/h3-5,8-10,13-14,28-29H,6-7,11H2,1-2H3. The zero-order valence-electron chi connectivity index (χ0n) is 17.6. The van der Waals surface area contributed by atoms with Crippen molar-refractivity contribution in [1.29, 1.82) is 0 Å². The van der Waals surface area contributed by atoms with E-state index in [0.717, 1.165) is 11.9 Å². The molecule has 0 atom stereocenters. The van der Waals surface area contributed by atoms with E-state index in [1.54, 1.807) is 24.3 Å². The van der Waals surface area contributed by atoms with Crippen molar-refractivity contribution in [2.75, 3.05) is 13.7 Å². The van der Waals surface area contributed by atoms with Crippen molar-refractivity contribution in [2.45, 2.75) is 25.9 Å². The molecule has 0 radical (unpaired) electrons. The maximum absolute atomic E-state index is 15.0. The van der Waals surface area contributed by atoms with Gasteiger partial charge in [0.05, 0.1) is 31.5 Å². The van der Waals surface area contributed by atoms with Crippen LogP contribution < -0.4 is 14.2 Å². The smallest absolute Gasteiger partial charge is 0.184 e. The van der Waals surface area contributed by atoms with E-state index >= 15 is 4.39 Å². The van der Waals surface area contributed by atoms with Gasteiger partial charge in [0.15, 0.2) is 34.6 Å². The van der Waals surface area contributed by atoms with E-state index in [4.69, 9.17) is 14.2 Å². The quantitative estimate of drug-likeness (QED) is 0.428. The topological polar surface area (TPSA) is 76.6 Å². The fraction of sp³-hybridized carbons (Fsp3) is 0.292. The zero-order chi connectivity index (χ0) is 22.4. The number of aliphatic hydroxyl groups excluding tert-OH is 1. The first-order valence-corrected chi connectivity index (χ1v) is 10.4. The predicted octanol–water partition coefficient (Wildman–Crippen LogP) is 5.25. The number of H-pyrrole nitrogens is 1. The SMILES string of the molecule is COc1cc2c(Oc3ccc4[nH]c(C)cc4c3F)c(F)cnc2cc1OCC1CC(O)C1. The lowest BCUT2D eigenvalue weighted by molar-refractivity contribution is 0.0199. The molecule has 2 heterocycles. The highest BCUT2D eigenvalue weighted by molar-refractivity contribution is 5.89. The fourth-order valence-corrected chi connectivity index (χ4v) is 4.05. The molecule has 1 fully saturated rings. The van der Waals surface area contributed by atoms with Crippen LogP contribution in [0.4, 0.5) is 8.78 Å². The van der Waals surface area contributed by atoms with E-state index in [1.165, 1.54) is 13.2 Å². The van der Waals surface area contributed by atoms with Gasteiger partial charge in [-0.3, -0.25) is 4.98 Å². The Morgan fingerprint density at radius 1 is 1.09 bits per heavy atom. The minimum absolute atomic E-state index is 0.0919. The summed E-state index contributed by atoms with van der Waals surface area (Å²) < 4.78 is 46.7. The lowest BCUT2D eigenvalue weighted by Gasteiger charge is -2.31. The summed E-state index contributed by atoms with van der Waals surface area (Å²) in [5.74, 6) is -0.417. The largest absolute Gasteiger partial charge is 0.493 e. The van der Waals surface area contributed by atoms with Gasteiger partial charge in [-0.05, 0) is 49.9 Å². The van der Waals surface area contributed by atoms with E-state index in [-0.39, 0.29) is 23.5 Å². The Balaban J connectivity index is 1.51. The number of nitrogens with one attached hydrogen (secondary N) is 1. The molecule has 6 nitrogen and oxygen atoms in total. The lowest BCUT2D eigenvalue weighted by Crippen LogP contribution is -2.32. The highest BCUT2D eigenvalue weighted by Gasteiger charge is 2.28. The molecule has 0 saturated heterocycles. The number of halogens is 2. The number of rotatable bonds is 6. The Bertz CT molecular complexity index is 1310. The highest BCUT2D eigenvalue weighted by Crippen LogP contribution is 2.40. The van der Waals surface area contributed by atoms with Gasteiger partial charge in [-0.1, -0.05) is 0 Å². The molecule has 166 valence electrons. The molecule has 32 heavy (non-hydrogen) atoms. The first kappa shape index (κ1) is 20.5. The summed E-state index contributed by atoms with van der Waals surface area (Å²) in [5, 5.41) is 10.1. The van der Waals surface area contributed by atoms with Crippen molar-refractivity contribution < 1.29 is 28.1 Å². The van der Waals surface area contributed by atoms with E-state index in [0.29, 0.717) is 52.8 Å². The van der Waals surface area contributed by atoms with Gasteiger partial charge in [-0.2, -0.15) is 0 Å². The molecular formula is C24H22F2N2O4. The lowest BCUT2D eigenvalue weighted by atomic mass is 9.83. The van der Waals surface area contributed by atoms with E-state index in [2.05, 4.69) is 9.97 Å². The van der Waals surface area contributed by atoms with Crippen LogP contribution in [-0.2, 0) is 0 Å². The van der Waals surface area contributed by atoms with Gasteiger partial charge in [0.2, 0.25) is 0 Å². The first-order chi connectivity index (χ1) is 15.4. The molecule has 1 aliphatic carbocycles. The zero-order valence-corrected chi connectivity index (χ0v) is 17.6. The van der Waals surface area contributed by atoms with Gasteiger partial charge < -0.3 is 24.3 Å². The first-order valence-electron chi connectivity index (χ1n) is 10.4. The summed E-state index contributed by atoms with van der Waals surface area (Å²) >= 11 is 0. The number of hydrogen-bond donors (Lipinski definition) is 2. The minimum Gasteiger partial charge on any atom is -0.493 e. The van der Waals surface area contributed by atoms with Crippen molar-refractivity contribution in [3.63, 3.8) is 0 Å². The van der Waals surface area contributed by atoms with E-state index < -0.39 is 11.6 Å². The number of ether oxygens (including phenoxy) is 3. The van der Waals surface area contributed by atoms with Crippen LogP contribution in [0.2, 0.25) is 0 Å². The van der Waals surface area contributed by atoms with Gasteiger partial charge in [0.25, 0.3) is 0 Å². The second-order valence-corrected chi connectivity index (χ2v) is 8.15. The number of aliphatic hydroxyl groups is 1. The third kappa shape index (κ3) is 3.60. The van der Waals surface area contributed by atoms with Gasteiger partial charge in [0, 0.05) is 28.0 Å². The third-order valence-corrected chi connectivity index (χ3v) is 5.79. The number of fused-ring (bicyclic) bond motifs is 2. The Morgan fingerprint density at radius 3 is 2.66 bits per heavy atom. The summed E-state index contributed by atoms with van der Waals surface area (Å²) in [6.07, 6.45) is 2.18. The summed E-state index contributed by atoms with van der Waals surface area (Å²) in [6.45, 7) is 2.26. The molecule has 0 aliphatic heterocycles. The molecule has 2 aromatic carbocycles. The summed E-state index contributed by atoms with van der Waals surface area (Å²) in [7, 11) is 1.48. The molecule has 0 bridgehead atoms. The Kier molecular flexibility index (Phi) is 5.09. The van der Waals surface area contributed by atoms with Gasteiger partial charge in [-0.15, -0.1) is 0 Å². The van der Waals surface area contributed by atoms with Crippen molar-refractivity contribution >= 4 is 21.8 Å². The number of methoxy groups -OCH3 is 1. The van der Waals surface area contributed by atoms with Crippen LogP contribution in [0.5, 0.6) is 23.0 Å². The molecule has 0 spiro atoms. The van der Waals surface area contributed by atoms with Gasteiger partial charge in [-0.25, -0.2) is 8.78 Å². The second-order valence-electron chi connectivity index (χ2n) is 8.15. The number of hydrogen-bond acceptors (Lipinski definition) is 5. The van der Waals surface area contributed by atoms with Crippen molar-refractivity contribution in [3.05, 3.63) is 53.9 Å². The molecule has 8 heteroatoms. The van der Waals surface area contributed by atoms with Crippen LogP contribution in [0.3, 0.4) is 0 Å². The van der Waals surface area contributed by atoms with Crippen molar-refractivity contribution in [3.8, 4) is 23.0 Å². The molecule has 2 N–H and O–H groups in total. The van der Waals surface area contributed by atoms with E-state index in [1.807, 2.05) is 6.92 Å². The number of pyridine rings is 1. The highest BCUT2D eigenvalue weighted by atomic mass is 19.1. The number of aryl methyl sites for hydroxylation is 1. The number of benzene rings is 2. The number of aromatic amines is 1. The van der Waals surface area contributed by atoms with Crippen LogP contribution in [0.15, 0.2) is 36.5 Å². The molecular weight excluding hydrogens is 418 g/mol. The molecule has 1 aliphatic rings. The number of nitrogens with zero attached hydrogens (tertiary/aromatic N) is 1. The van der Waals surface area contributed by atoms with Crippen LogP contribution in [0.1, 0.15) is 18.5 Å². The molecule has 1 saturated carbocycles. The Hall–Kier alpha value is -3.39. The molecule has 0 amide bonds. The van der Waals surface area contributed by atoms with Gasteiger partial charge in [0.1, 0.15) is 0 Å². The average Bonchev–Trinajstić information content (AvgIpc) is 3.14. The molecule has 4 aromatic rings. The fourth-order valence-electron chi connectivity index (χ4n) is 4.05. The van der Waals surface area contributed by atoms with Crippen molar-refractivity contribution in [1.82, 2.24) is 9.97 Å². The molecule has 5 rings (SSSR count). The number of aromatic nitrogens is 2. The van der Waals surface area contributed by atoms with Crippen LogP contribution in [0.25, 0.3) is 21.8 Å². The maximum atomic E-state index is 15.0. The second kappa shape index (κ2) is 7.94. The molecule has 2 aromatic heterocycles. The predicted molar refractivity (Wildman–Crippen MR) is 116 cm³/mol. The Morgan fingerprint density at radius 2 is 1.91 bits per heavy atom. The van der Waals surface area contributed by atoms with Crippen LogP contribution >= 0.6 is 0 Å². The van der Waals surface area contributed by atoms with E-state index in [9.17, 15) is 9.50 Å².